The van der Waals surface area contributed by atoms with Gasteiger partial charge in [0.1, 0.15) is 0 Å². The third kappa shape index (κ3) is 4.58. The molecule has 0 unspecified atom stereocenters. The smallest absolute Gasteiger partial charge is 0.305 e. The highest BCUT2D eigenvalue weighted by molar-refractivity contribution is 9.10. The number of thioether (sulfide) groups is 1. The van der Waals surface area contributed by atoms with Crippen molar-refractivity contribution >= 4 is 33.7 Å². The Morgan fingerprint density at radius 1 is 1.50 bits per heavy atom. The van der Waals surface area contributed by atoms with Gasteiger partial charge in [0.25, 0.3) is 0 Å². The van der Waals surface area contributed by atoms with E-state index >= 15 is 0 Å². The summed E-state index contributed by atoms with van der Waals surface area (Å²) in [6.45, 7) is 2.07. The van der Waals surface area contributed by atoms with Gasteiger partial charge in [0.2, 0.25) is 0 Å². The maximum atomic E-state index is 10.9. The Morgan fingerprint density at radius 3 is 2.88 bits per heavy atom. The maximum Gasteiger partial charge on any atom is 0.305 e. The van der Waals surface area contributed by atoms with E-state index in [0.29, 0.717) is 6.42 Å². The number of ether oxygens (including phenoxy) is 1. The van der Waals surface area contributed by atoms with Crippen molar-refractivity contribution in [2.75, 3.05) is 12.9 Å². The van der Waals surface area contributed by atoms with Crippen LogP contribution in [-0.2, 0) is 9.53 Å². The fourth-order valence-corrected chi connectivity index (χ4v) is 2.59. The summed E-state index contributed by atoms with van der Waals surface area (Å²) >= 11 is 5.26. The highest BCUT2D eigenvalue weighted by Gasteiger charge is 2.01. The number of carbonyl (C=O) groups is 1. The molecule has 0 atom stereocenters. The van der Waals surface area contributed by atoms with Gasteiger partial charge in [-0.15, -0.1) is 11.8 Å². The molecule has 0 saturated carbocycles. The van der Waals surface area contributed by atoms with Crippen LogP contribution in [0.5, 0.6) is 0 Å². The van der Waals surface area contributed by atoms with E-state index in [1.807, 2.05) is 0 Å². The Morgan fingerprint density at radius 2 is 2.25 bits per heavy atom. The number of methoxy groups -OCH3 is 1. The number of benzene rings is 1. The summed E-state index contributed by atoms with van der Waals surface area (Å²) in [7, 11) is 1.42. The number of rotatable bonds is 5. The number of carbonyl (C=O) groups excluding carboxylic acids is 1. The minimum Gasteiger partial charge on any atom is -0.469 e. The van der Waals surface area contributed by atoms with Gasteiger partial charge in [-0.1, -0.05) is 22.0 Å². The van der Waals surface area contributed by atoms with Gasteiger partial charge in [-0.3, -0.25) is 4.79 Å². The molecule has 1 rings (SSSR count). The van der Waals surface area contributed by atoms with Crippen LogP contribution in [0.4, 0.5) is 0 Å². The van der Waals surface area contributed by atoms with Crippen LogP contribution in [0, 0.1) is 6.92 Å². The number of hydrogen-bond donors (Lipinski definition) is 0. The van der Waals surface area contributed by atoms with E-state index in [9.17, 15) is 4.79 Å². The topological polar surface area (TPSA) is 26.3 Å². The zero-order chi connectivity index (χ0) is 12.0. The second kappa shape index (κ2) is 6.97. The van der Waals surface area contributed by atoms with Crippen LogP contribution >= 0.6 is 27.7 Å². The first kappa shape index (κ1) is 13.6. The molecule has 0 heterocycles. The monoisotopic (exact) mass is 302 g/mol. The summed E-state index contributed by atoms with van der Waals surface area (Å²) in [6.07, 6.45) is 1.35. The Labute approximate surface area is 109 Å². The van der Waals surface area contributed by atoms with E-state index in [4.69, 9.17) is 0 Å². The molecule has 0 bridgehead atoms. The van der Waals surface area contributed by atoms with E-state index in [1.165, 1.54) is 17.6 Å². The molecule has 1 aromatic rings. The quantitative estimate of drug-likeness (QED) is 0.470. The molecule has 0 spiro atoms. The summed E-state index contributed by atoms with van der Waals surface area (Å²) in [6, 6.07) is 6.30. The van der Waals surface area contributed by atoms with Crippen molar-refractivity contribution in [2.45, 2.75) is 24.7 Å². The van der Waals surface area contributed by atoms with E-state index in [0.717, 1.165) is 16.6 Å². The lowest BCUT2D eigenvalue weighted by Crippen LogP contribution is -1.99. The number of esters is 1. The van der Waals surface area contributed by atoms with E-state index in [-0.39, 0.29) is 5.97 Å². The fraction of sp³-hybridized carbons (Fsp3) is 0.417. The molecule has 0 amide bonds. The first-order valence-corrected chi connectivity index (χ1v) is 6.87. The molecule has 0 N–H and O–H groups in total. The lowest BCUT2D eigenvalue weighted by molar-refractivity contribution is -0.140. The van der Waals surface area contributed by atoms with Crippen molar-refractivity contribution < 1.29 is 9.53 Å². The van der Waals surface area contributed by atoms with Gasteiger partial charge >= 0.3 is 5.97 Å². The molecule has 2 nitrogen and oxygen atoms in total. The summed E-state index contributed by atoms with van der Waals surface area (Å²) in [5.74, 6) is 0.801. The summed E-state index contributed by atoms with van der Waals surface area (Å²) in [5.41, 5.74) is 1.24. The van der Waals surface area contributed by atoms with Crippen molar-refractivity contribution in [1.82, 2.24) is 0 Å². The van der Waals surface area contributed by atoms with Gasteiger partial charge < -0.3 is 4.74 Å². The second-order valence-electron chi connectivity index (χ2n) is 3.44. The third-order valence-electron chi connectivity index (χ3n) is 2.16. The molecule has 0 saturated heterocycles. The fourth-order valence-electron chi connectivity index (χ4n) is 1.17. The number of aryl methyl sites for hydroxylation is 1. The number of halogens is 1. The van der Waals surface area contributed by atoms with E-state index < -0.39 is 0 Å². The Balaban J connectivity index is 2.32. The summed E-state index contributed by atoms with van der Waals surface area (Å²) < 4.78 is 5.71. The molecule has 1 aromatic carbocycles. The van der Waals surface area contributed by atoms with Crippen molar-refractivity contribution in [3.8, 4) is 0 Å². The minimum absolute atomic E-state index is 0.134. The zero-order valence-corrected chi connectivity index (χ0v) is 11.9. The molecular weight excluding hydrogens is 288 g/mol. The molecule has 16 heavy (non-hydrogen) atoms. The van der Waals surface area contributed by atoms with Crippen LogP contribution in [0.2, 0.25) is 0 Å². The molecule has 0 aliphatic rings. The Hall–Kier alpha value is -0.480. The zero-order valence-electron chi connectivity index (χ0n) is 9.46. The second-order valence-corrected chi connectivity index (χ2v) is 5.46. The Kier molecular flexibility index (Phi) is 5.91. The van der Waals surface area contributed by atoms with Crippen molar-refractivity contribution in [3.05, 3.63) is 28.2 Å². The van der Waals surface area contributed by atoms with Gasteiger partial charge in [0, 0.05) is 15.8 Å². The van der Waals surface area contributed by atoms with Crippen LogP contribution < -0.4 is 0 Å². The van der Waals surface area contributed by atoms with Gasteiger partial charge in [-0.25, -0.2) is 0 Å². The maximum absolute atomic E-state index is 10.9. The molecule has 0 aliphatic carbocycles. The molecule has 0 fully saturated rings. The average Bonchev–Trinajstić information content (AvgIpc) is 2.28. The molecule has 0 aromatic heterocycles. The molecule has 4 heteroatoms. The molecule has 0 radical (unpaired) electrons. The lowest BCUT2D eigenvalue weighted by Gasteiger charge is -2.03. The third-order valence-corrected chi connectivity index (χ3v) is 4.10. The van der Waals surface area contributed by atoms with Gasteiger partial charge in [-0.05, 0) is 36.8 Å². The van der Waals surface area contributed by atoms with Gasteiger partial charge in [0.05, 0.1) is 7.11 Å². The minimum atomic E-state index is -0.134. The average molecular weight is 303 g/mol. The predicted octanol–water partition coefficient (Wildman–Crippen LogP) is 3.80. The van der Waals surface area contributed by atoms with Crippen molar-refractivity contribution in [3.63, 3.8) is 0 Å². The van der Waals surface area contributed by atoms with Gasteiger partial charge in [0.15, 0.2) is 0 Å². The van der Waals surface area contributed by atoms with Crippen molar-refractivity contribution in [2.24, 2.45) is 0 Å². The van der Waals surface area contributed by atoms with Crippen LogP contribution in [0.15, 0.2) is 27.6 Å². The van der Waals surface area contributed by atoms with Crippen LogP contribution in [-0.4, -0.2) is 18.8 Å². The standard InChI is InChI=1S/C12H15BrO2S/c1-9-5-6-10(8-11(9)13)16-7-3-4-12(14)15-2/h5-6,8H,3-4,7H2,1-2H3. The number of hydrogen-bond acceptors (Lipinski definition) is 3. The normalized spacial score (nSPS) is 10.2. The SMILES string of the molecule is COC(=O)CCCSc1ccc(C)c(Br)c1. The molecular formula is C12H15BrO2S. The van der Waals surface area contributed by atoms with E-state index in [2.05, 4.69) is 45.8 Å². The lowest BCUT2D eigenvalue weighted by atomic mass is 10.2. The Bertz CT molecular complexity index is 366. The largest absolute Gasteiger partial charge is 0.469 e. The summed E-state index contributed by atoms with van der Waals surface area (Å²) in [5, 5.41) is 0. The van der Waals surface area contributed by atoms with Gasteiger partial charge in [-0.2, -0.15) is 0 Å². The first-order valence-electron chi connectivity index (χ1n) is 5.09. The highest BCUT2D eigenvalue weighted by Crippen LogP contribution is 2.25. The predicted molar refractivity (Wildman–Crippen MR) is 70.9 cm³/mol. The van der Waals surface area contributed by atoms with Crippen molar-refractivity contribution in [1.29, 1.82) is 0 Å². The first-order chi connectivity index (χ1) is 7.63. The summed E-state index contributed by atoms with van der Waals surface area (Å²) in [4.78, 5) is 12.1. The van der Waals surface area contributed by atoms with E-state index in [1.54, 1.807) is 11.8 Å². The van der Waals surface area contributed by atoms with Crippen LogP contribution in [0.1, 0.15) is 18.4 Å². The van der Waals surface area contributed by atoms with Crippen LogP contribution in [0.25, 0.3) is 0 Å². The molecule has 0 aliphatic heterocycles. The molecule has 88 valence electrons. The highest BCUT2D eigenvalue weighted by atomic mass is 79.9. The van der Waals surface area contributed by atoms with Crippen LogP contribution in [0.3, 0.4) is 0 Å².